The summed E-state index contributed by atoms with van der Waals surface area (Å²) < 4.78 is 24.8. The average Bonchev–Trinajstić information content (AvgIpc) is 3.10. The summed E-state index contributed by atoms with van der Waals surface area (Å²) in [7, 11) is 0. The van der Waals surface area contributed by atoms with Gasteiger partial charge in [0.25, 0.3) is 5.91 Å². The Morgan fingerprint density at radius 3 is 2.70 bits per heavy atom. The number of amides is 1. The Bertz CT molecular complexity index is 845. The van der Waals surface area contributed by atoms with Crippen molar-refractivity contribution in [3.8, 4) is 11.3 Å². The van der Waals surface area contributed by atoms with Crippen molar-refractivity contribution in [3.63, 3.8) is 0 Å². The second kappa shape index (κ2) is 6.44. The number of rotatable bonds is 2. The number of benzene rings is 1. The summed E-state index contributed by atoms with van der Waals surface area (Å²) in [6.07, 6.45) is 2.86. The summed E-state index contributed by atoms with van der Waals surface area (Å²) in [5, 5.41) is 3.94. The van der Waals surface area contributed by atoms with Crippen LogP contribution in [-0.4, -0.2) is 40.3 Å². The van der Waals surface area contributed by atoms with Crippen LogP contribution in [0.2, 0.25) is 0 Å². The molecule has 0 unspecified atom stereocenters. The number of aromatic nitrogens is 1. The summed E-state index contributed by atoms with van der Waals surface area (Å²) in [4.78, 5) is 14.8. The van der Waals surface area contributed by atoms with Crippen LogP contribution in [0.15, 0.2) is 34.9 Å². The van der Waals surface area contributed by atoms with Gasteiger partial charge in [-0.1, -0.05) is 5.16 Å². The van der Waals surface area contributed by atoms with Crippen LogP contribution in [0.5, 0.6) is 0 Å². The minimum atomic E-state index is -0.316. The van der Waals surface area contributed by atoms with Gasteiger partial charge in [0.05, 0.1) is 11.2 Å². The predicted molar refractivity (Wildman–Crippen MR) is 98.7 cm³/mol. The number of nitrogens with zero attached hydrogens (tertiary/aromatic N) is 2. The SMILES string of the molecule is CC1(C)CC[C@H]2CN(C(=O)c3cc(-c4ccc(F)cc4)on3)CC[C@@]2(C)O1. The van der Waals surface area contributed by atoms with Gasteiger partial charge in [-0.15, -0.1) is 0 Å². The molecule has 1 aromatic carbocycles. The Labute approximate surface area is 158 Å². The first kappa shape index (κ1) is 18.2. The Hall–Kier alpha value is -2.21. The van der Waals surface area contributed by atoms with E-state index in [1.165, 1.54) is 12.1 Å². The van der Waals surface area contributed by atoms with Crippen molar-refractivity contribution in [1.82, 2.24) is 10.1 Å². The topological polar surface area (TPSA) is 55.6 Å². The first-order valence-corrected chi connectivity index (χ1v) is 9.48. The molecule has 2 aliphatic rings. The van der Waals surface area contributed by atoms with Gasteiger partial charge < -0.3 is 14.2 Å². The fourth-order valence-corrected chi connectivity index (χ4v) is 4.32. The van der Waals surface area contributed by atoms with Crippen molar-refractivity contribution in [2.24, 2.45) is 5.92 Å². The highest BCUT2D eigenvalue weighted by atomic mass is 19.1. The molecule has 1 aromatic heterocycles. The van der Waals surface area contributed by atoms with Gasteiger partial charge in [-0.3, -0.25) is 4.79 Å². The van der Waals surface area contributed by atoms with Crippen LogP contribution >= 0.6 is 0 Å². The minimum Gasteiger partial charge on any atom is -0.369 e. The zero-order valence-electron chi connectivity index (χ0n) is 16.0. The second-order valence-corrected chi connectivity index (χ2v) is 8.49. The van der Waals surface area contributed by atoms with E-state index in [1.807, 2.05) is 4.90 Å². The molecule has 2 aromatic rings. The van der Waals surface area contributed by atoms with Gasteiger partial charge in [-0.2, -0.15) is 0 Å². The predicted octanol–water partition coefficient (Wildman–Crippen LogP) is 4.29. The van der Waals surface area contributed by atoms with Crippen LogP contribution in [0.3, 0.4) is 0 Å². The molecular formula is C21H25FN2O3. The highest BCUT2D eigenvalue weighted by Gasteiger charge is 2.48. The van der Waals surface area contributed by atoms with Gasteiger partial charge in [0, 0.05) is 30.6 Å². The van der Waals surface area contributed by atoms with Gasteiger partial charge in [0.1, 0.15) is 5.82 Å². The molecule has 1 amide bonds. The van der Waals surface area contributed by atoms with Crippen molar-refractivity contribution in [1.29, 1.82) is 0 Å². The number of piperidine rings is 1. The second-order valence-electron chi connectivity index (χ2n) is 8.49. The fourth-order valence-electron chi connectivity index (χ4n) is 4.32. The van der Waals surface area contributed by atoms with Crippen molar-refractivity contribution in [2.75, 3.05) is 13.1 Å². The van der Waals surface area contributed by atoms with Gasteiger partial charge in [-0.25, -0.2) is 4.39 Å². The van der Waals surface area contributed by atoms with E-state index < -0.39 is 0 Å². The van der Waals surface area contributed by atoms with Crippen LogP contribution < -0.4 is 0 Å². The molecule has 2 atom stereocenters. The molecular weight excluding hydrogens is 347 g/mol. The van der Waals surface area contributed by atoms with Gasteiger partial charge in [0.15, 0.2) is 11.5 Å². The van der Waals surface area contributed by atoms with E-state index in [0.29, 0.717) is 30.3 Å². The highest BCUT2D eigenvalue weighted by Crippen LogP contribution is 2.44. The number of halogens is 1. The van der Waals surface area contributed by atoms with Gasteiger partial charge >= 0.3 is 0 Å². The average molecular weight is 372 g/mol. The maximum atomic E-state index is 13.1. The molecule has 0 spiro atoms. The highest BCUT2D eigenvalue weighted by molar-refractivity contribution is 5.93. The smallest absolute Gasteiger partial charge is 0.276 e. The number of hydrogen-bond acceptors (Lipinski definition) is 4. The Kier molecular flexibility index (Phi) is 4.34. The summed E-state index contributed by atoms with van der Waals surface area (Å²) in [6.45, 7) is 7.75. The van der Waals surface area contributed by atoms with Crippen molar-refractivity contribution < 1.29 is 18.4 Å². The third-order valence-corrected chi connectivity index (χ3v) is 5.93. The number of likely N-dealkylation sites (tertiary alicyclic amines) is 1. The number of hydrogen-bond donors (Lipinski definition) is 0. The molecule has 5 nitrogen and oxygen atoms in total. The molecule has 2 saturated heterocycles. The summed E-state index contributed by atoms with van der Waals surface area (Å²) in [5.41, 5.74) is 0.696. The molecule has 4 rings (SSSR count). The van der Waals surface area contributed by atoms with Crippen LogP contribution in [0.1, 0.15) is 50.5 Å². The zero-order valence-corrected chi connectivity index (χ0v) is 16.0. The lowest BCUT2D eigenvalue weighted by Gasteiger charge is -2.53. The van der Waals surface area contributed by atoms with E-state index in [1.54, 1.807) is 18.2 Å². The van der Waals surface area contributed by atoms with E-state index in [-0.39, 0.29) is 28.6 Å². The van der Waals surface area contributed by atoms with E-state index in [4.69, 9.17) is 9.26 Å². The molecule has 0 bridgehead atoms. The molecule has 0 radical (unpaired) electrons. The fraction of sp³-hybridized carbons (Fsp3) is 0.524. The van der Waals surface area contributed by atoms with Crippen LogP contribution in [0, 0.1) is 11.7 Å². The summed E-state index contributed by atoms with van der Waals surface area (Å²) in [5.74, 6) is 0.345. The molecule has 144 valence electrons. The molecule has 0 aliphatic carbocycles. The van der Waals surface area contributed by atoms with Gasteiger partial charge in [0.2, 0.25) is 0 Å². The first-order chi connectivity index (χ1) is 12.8. The quantitative estimate of drug-likeness (QED) is 0.789. The number of carbonyl (C=O) groups excluding carboxylic acids is 1. The molecule has 3 heterocycles. The van der Waals surface area contributed by atoms with Gasteiger partial charge in [-0.05, 0) is 64.3 Å². The maximum absolute atomic E-state index is 13.1. The molecule has 2 fully saturated rings. The third kappa shape index (κ3) is 3.50. The molecule has 0 saturated carbocycles. The van der Waals surface area contributed by atoms with E-state index >= 15 is 0 Å². The maximum Gasteiger partial charge on any atom is 0.276 e. The molecule has 2 aliphatic heterocycles. The van der Waals surface area contributed by atoms with Crippen LogP contribution in [0.25, 0.3) is 11.3 Å². The van der Waals surface area contributed by atoms with E-state index in [9.17, 15) is 9.18 Å². The van der Waals surface area contributed by atoms with Crippen LogP contribution in [-0.2, 0) is 4.74 Å². The number of ether oxygens (including phenoxy) is 1. The Balaban J connectivity index is 1.47. The molecule has 0 N–H and O–H groups in total. The normalized spacial score (nSPS) is 27.3. The lowest BCUT2D eigenvalue weighted by Crippen LogP contribution is -2.58. The number of carbonyl (C=O) groups is 1. The summed E-state index contributed by atoms with van der Waals surface area (Å²) >= 11 is 0. The standard InChI is InChI=1S/C21H25FN2O3/c1-20(2)9-8-15-13-24(11-10-21(15,3)27-20)19(25)17-12-18(26-23-17)14-4-6-16(22)7-5-14/h4-7,12,15H,8-11,13H2,1-3H3/t15-,21+/m0/s1. The third-order valence-electron chi connectivity index (χ3n) is 5.93. The Morgan fingerprint density at radius 1 is 1.22 bits per heavy atom. The van der Waals surface area contributed by atoms with E-state index in [2.05, 4.69) is 25.9 Å². The zero-order chi connectivity index (χ0) is 19.2. The largest absolute Gasteiger partial charge is 0.369 e. The van der Waals surface area contributed by atoms with E-state index in [0.717, 1.165) is 19.3 Å². The number of fused-ring (bicyclic) bond motifs is 1. The van der Waals surface area contributed by atoms with Crippen molar-refractivity contribution >= 4 is 5.91 Å². The minimum absolute atomic E-state index is 0.104. The molecule has 27 heavy (non-hydrogen) atoms. The monoisotopic (exact) mass is 372 g/mol. The van der Waals surface area contributed by atoms with Crippen LogP contribution in [0.4, 0.5) is 4.39 Å². The summed E-state index contributed by atoms with van der Waals surface area (Å²) in [6, 6.07) is 7.56. The van der Waals surface area contributed by atoms with Crippen molar-refractivity contribution in [3.05, 3.63) is 41.8 Å². The lowest BCUT2D eigenvalue weighted by atomic mass is 9.74. The Morgan fingerprint density at radius 2 is 1.96 bits per heavy atom. The molecule has 6 heteroatoms. The first-order valence-electron chi connectivity index (χ1n) is 9.48. The lowest BCUT2D eigenvalue weighted by molar-refractivity contribution is -0.210. The van der Waals surface area contributed by atoms with Crippen molar-refractivity contribution in [2.45, 2.75) is 51.2 Å².